The fraction of sp³-hybridized carbons (Fsp3) is 0.357. The number of aryl methyl sites for hydroxylation is 1. The van der Waals surface area contributed by atoms with E-state index in [9.17, 15) is 10.1 Å². The molecule has 4 rings (SSSR count). The molecular formula is C14H14N4O3. The summed E-state index contributed by atoms with van der Waals surface area (Å²) in [6.45, 7) is 2.91. The first-order valence-electron chi connectivity index (χ1n) is 6.71. The van der Waals surface area contributed by atoms with Gasteiger partial charge in [0, 0.05) is 18.7 Å². The maximum Gasteiger partial charge on any atom is 0.293 e. The van der Waals surface area contributed by atoms with Crippen molar-refractivity contribution in [3.63, 3.8) is 0 Å². The van der Waals surface area contributed by atoms with Crippen LogP contribution in [0.4, 0.5) is 11.4 Å². The lowest BCUT2D eigenvalue weighted by Crippen LogP contribution is -2.55. The van der Waals surface area contributed by atoms with Crippen molar-refractivity contribution in [2.75, 3.05) is 18.5 Å². The molecule has 1 spiro atoms. The Kier molecular flexibility index (Phi) is 2.25. The number of nitrogens with zero attached hydrogens (tertiary/aromatic N) is 3. The standard InChI is InChI=1S/C14H14N4O3/c1-8-15-12-9-4-3-5-10(18(19)20)11(9)16-14(6-21-7-14)13(12)17(8)2/h3-5,16H,6-7H2,1-2H3. The van der Waals surface area contributed by atoms with Crippen molar-refractivity contribution in [1.29, 1.82) is 0 Å². The van der Waals surface area contributed by atoms with Gasteiger partial charge >= 0.3 is 0 Å². The summed E-state index contributed by atoms with van der Waals surface area (Å²) in [7, 11) is 1.96. The molecule has 7 heteroatoms. The van der Waals surface area contributed by atoms with Gasteiger partial charge in [-0.15, -0.1) is 0 Å². The molecule has 7 nitrogen and oxygen atoms in total. The third kappa shape index (κ3) is 1.43. The number of aromatic nitrogens is 2. The van der Waals surface area contributed by atoms with Crippen LogP contribution in [-0.4, -0.2) is 27.7 Å². The maximum atomic E-state index is 11.3. The minimum Gasteiger partial charge on any atom is -0.376 e. The third-order valence-electron chi connectivity index (χ3n) is 4.33. The number of para-hydroxylation sites is 1. The van der Waals surface area contributed by atoms with Gasteiger partial charge < -0.3 is 14.6 Å². The highest BCUT2D eigenvalue weighted by Crippen LogP contribution is 2.49. The molecule has 1 fully saturated rings. The first-order valence-corrected chi connectivity index (χ1v) is 6.71. The zero-order chi connectivity index (χ0) is 14.8. The van der Waals surface area contributed by atoms with Crippen molar-refractivity contribution >= 4 is 11.4 Å². The van der Waals surface area contributed by atoms with Crippen molar-refractivity contribution in [3.05, 3.63) is 39.8 Å². The van der Waals surface area contributed by atoms with Gasteiger partial charge in [-0.25, -0.2) is 4.98 Å². The molecule has 1 aromatic heterocycles. The molecule has 0 unspecified atom stereocenters. The molecule has 0 aliphatic carbocycles. The molecule has 2 aliphatic heterocycles. The number of nitro groups is 1. The molecule has 3 heterocycles. The molecule has 0 saturated carbocycles. The van der Waals surface area contributed by atoms with Crippen molar-refractivity contribution in [3.8, 4) is 11.3 Å². The van der Waals surface area contributed by atoms with Crippen LogP contribution in [0.3, 0.4) is 0 Å². The first-order chi connectivity index (χ1) is 10.0. The molecule has 0 atom stereocenters. The second-order valence-electron chi connectivity index (χ2n) is 5.57. The summed E-state index contributed by atoms with van der Waals surface area (Å²) in [6, 6.07) is 5.08. The molecule has 108 valence electrons. The Labute approximate surface area is 120 Å². The molecule has 21 heavy (non-hydrogen) atoms. The van der Waals surface area contributed by atoms with Crippen LogP contribution in [0.2, 0.25) is 0 Å². The zero-order valence-electron chi connectivity index (χ0n) is 11.7. The van der Waals surface area contributed by atoms with Crippen LogP contribution >= 0.6 is 0 Å². The van der Waals surface area contributed by atoms with E-state index in [1.54, 1.807) is 6.07 Å². The van der Waals surface area contributed by atoms with E-state index in [-0.39, 0.29) is 10.6 Å². The predicted molar refractivity (Wildman–Crippen MR) is 76.2 cm³/mol. The number of anilines is 1. The average Bonchev–Trinajstić information content (AvgIpc) is 2.72. The Balaban J connectivity index is 2.05. The van der Waals surface area contributed by atoms with Crippen molar-refractivity contribution in [2.24, 2.45) is 7.05 Å². The quantitative estimate of drug-likeness (QED) is 0.640. The largest absolute Gasteiger partial charge is 0.376 e. The number of nitro benzene ring substituents is 1. The normalized spacial score (nSPS) is 17.6. The smallest absolute Gasteiger partial charge is 0.293 e. The summed E-state index contributed by atoms with van der Waals surface area (Å²) in [4.78, 5) is 15.5. The predicted octanol–water partition coefficient (Wildman–Crippen LogP) is 1.95. The lowest BCUT2D eigenvalue weighted by atomic mass is 9.84. The van der Waals surface area contributed by atoms with Crippen LogP contribution < -0.4 is 5.32 Å². The molecule has 1 saturated heterocycles. The molecule has 1 N–H and O–H groups in total. The van der Waals surface area contributed by atoms with Gasteiger partial charge in [-0.05, 0) is 6.92 Å². The van der Waals surface area contributed by atoms with E-state index in [0.717, 1.165) is 22.8 Å². The number of nitrogens with one attached hydrogen (secondary N) is 1. The third-order valence-corrected chi connectivity index (χ3v) is 4.33. The molecule has 0 amide bonds. The Morgan fingerprint density at radius 3 is 2.86 bits per heavy atom. The number of fused-ring (bicyclic) bond motifs is 4. The summed E-state index contributed by atoms with van der Waals surface area (Å²) < 4.78 is 7.41. The summed E-state index contributed by atoms with van der Waals surface area (Å²) in [6.07, 6.45) is 0. The van der Waals surface area contributed by atoms with E-state index in [4.69, 9.17) is 4.74 Å². The summed E-state index contributed by atoms with van der Waals surface area (Å²) >= 11 is 0. The maximum absolute atomic E-state index is 11.3. The summed E-state index contributed by atoms with van der Waals surface area (Å²) in [5.41, 5.74) is 2.84. The second kappa shape index (κ2) is 3.82. The molecule has 2 aliphatic rings. The number of rotatable bonds is 1. The number of imidazole rings is 1. The Bertz CT molecular complexity index is 777. The van der Waals surface area contributed by atoms with E-state index in [1.165, 1.54) is 6.07 Å². The fourth-order valence-electron chi connectivity index (χ4n) is 3.18. The van der Waals surface area contributed by atoms with Crippen LogP contribution in [0.5, 0.6) is 0 Å². The number of benzene rings is 1. The van der Waals surface area contributed by atoms with Gasteiger partial charge in [-0.2, -0.15) is 0 Å². The van der Waals surface area contributed by atoms with Gasteiger partial charge in [0.15, 0.2) is 0 Å². The highest BCUT2D eigenvalue weighted by molar-refractivity contribution is 5.88. The summed E-state index contributed by atoms with van der Waals surface area (Å²) in [5.74, 6) is 0.882. The molecule has 2 aromatic rings. The Morgan fingerprint density at radius 1 is 1.48 bits per heavy atom. The first kappa shape index (κ1) is 12.3. The lowest BCUT2D eigenvalue weighted by molar-refractivity contribution is -0.384. The van der Waals surface area contributed by atoms with E-state index in [0.29, 0.717) is 18.9 Å². The monoisotopic (exact) mass is 286 g/mol. The van der Waals surface area contributed by atoms with Gasteiger partial charge in [-0.3, -0.25) is 10.1 Å². The molecule has 0 radical (unpaired) electrons. The van der Waals surface area contributed by atoms with Gasteiger partial charge in [-0.1, -0.05) is 12.1 Å². The number of ether oxygens (including phenoxy) is 1. The van der Waals surface area contributed by atoms with E-state index < -0.39 is 5.54 Å². The van der Waals surface area contributed by atoms with Crippen molar-refractivity contribution in [1.82, 2.24) is 9.55 Å². The van der Waals surface area contributed by atoms with Crippen molar-refractivity contribution < 1.29 is 9.66 Å². The van der Waals surface area contributed by atoms with Crippen LogP contribution in [0.25, 0.3) is 11.3 Å². The molecule has 0 bridgehead atoms. The second-order valence-corrected chi connectivity index (χ2v) is 5.57. The van der Waals surface area contributed by atoms with E-state index in [2.05, 4.69) is 10.3 Å². The van der Waals surface area contributed by atoms with Gasteiger partial charge in [0.25, 0.3) is 5.69 Å². The Hall–Kier alpha value is -2.41. The van der Waals surface area contributed by atoms with E-state index in [1.807, 2.05) is 24.6 Å². The topological polar surface area (TPSA) is 82.2 Å². The summed E-state index contributed by atoms with van der Waals surface area (Å²) in [5, 5.41) is 14.6. The average molecular weight is 286 g/mol. The van der Waals surface area contributed by atoms with Gasteiger partial charge in [0.1, 0.15) is 17.1 Å². The van der Waals surface area contributed by atoms with Crippen LogP contribution in [-0.2, 0) is 17.3 Å². The van der Waals surface area contributed by atoms with Crippen LogP contribution in [0.15, 0.2) is 18.2 Å². The lowest BCUT2D eigenvalue weighted by Gasteiger charge is -2.45. The van der Waals surface area contributed by atoms with Crippen LogP contribution in [0.1, 0.15) is 11.5 Å². The molecule has 1 aromatic carbocycles. The highest BCUT2D eigenvalue weighted by atomic mass is 16.6. The van der Waals surface area contributed by atoms with E-state index >= 15 is 0 Å². The minimum absolute atomic E-state index is 0.0766. The number of hydrogen-bond donors (Lipinski definition) is 1. The molecular weight excluding hydrogens is 272 g/mol. The van der Waals surface area contributed by atoms with Crippen LogP contribution in [0, 0.1) is 17.0 Å². The highest BCUT2D eigenvalue weighted by Gasteiger charge is 2.49. The number of hydrogen-bond acceptors (Lipinski definition) is 5. The zero-order valence-corrected chi connectivity index (χ0v) is 11.7. The fourth-order valence-corrected chi connectivity index (χ4v) is 3.18. The Morgan fingerprint density at radius 2 is 2.24 bits per heavy atom. The van der Waals surface area contributed by atoms with Crippen molar-refractivity contribution in [2.45, 2.75) is 12.5 Å². The SMILES string of the molecule is Cc1nc2c(n1C)C1(COC1)Nc1c-2cccc1[N+](=O)[O-]. The minimum atomic E-state index is -0.412. The van der Waals surface area contributed by atoms with Gasteiger partial charge in [0.2, 0.25) is 0 Å². The van der Waals surface area contributed by atoms with Gasteiger partial charge in [0.05, 0.1) is 29.5 Å².